The van der Waals surface area contributed by atoms with Crippen LogP contribution in [0, 0.1) is 6.92 Å². The molecule has 0 radical (unpaired) electrons. The van der Waals surface area contributed by atoms with Gasteiger partial charge in [-0.25, -0.2) is 8.42 Å². The summed E-state index contributed by atoms with van der Waals surface area (Å²) in [6.07, 6.45) is 1.40. The van der Waals surface area contributed by atoms with Crippen LogP contribution in [-0.2, 0) is 10.0 Å². The van der Waals surface area contributed by atoms with Crippen molar-refractivity contribution >= 4 is 15.7 Å². The normalized spacial score (nSPS) is 17.4. The van der Waals surface area contributed by atoms with Gasteiger partial charge in [0.05, 0.1) is 10.9 Å². The Morgan fingerprint density at radius 1 is 1.26 bits per heavy atom. The Kier molecular flexibility index (Phi) is 4.47. The van der Waals surface area contributed by atoms with Gasteiger partial charge < -0.3 is 5.32 Å². The molecule has 1 heterocycles. The van der Waals surface area contributed by atoms with Crippen LogP contribution in [0.5, 0.6) is 0 Å². The van der Waals surface area contributed by atoms with E-state index in [-0.39, 0.29) is 5.25 Å². The molecule has 0 atom stereocenters. The second kappa shape index (κ2) is 5.92. The van der Waals surface area contributed by atoms with E-state index < -0.39 is 10.0 Å². The van der Waals surface area contributed by atoms with Crippen molar-refractivity contribution in [2.75, 3.05) is 23.9 Å². The van der Waals surface area contributed by atoms with Crippen molar-refractivity contribution in [3.63, 3.8) is 0 Å². The lowest BCUT2D eigenvalue weighted by atomic mass is 10.2. The average Bonchev–Trinajstić information content (AvgIpc) is 2.42. The molecule has 106 valence electrons. The Hall–Kier alpha value is -1.07. The maximum Gasteiger partial charge on any atom is 0.238 e. The van der Waals surface area contributed by atoms with Crippen LogP contribution in [0.15, 0.2) is 24.3 Å². The monoisotopic (exact) mass is 282 g/mol. The SMILES string of the molecule is CCN(c1ccccc1C)S(=O)(=O)C1CCNCC1. The molecule has 1 fully saturated rings. The highest BCUT2D eigenvalue weighted by molar-refractivity contribution is 7.93. The summed E-state index contributed by atoms with van der Waals surface area (Å²) in [6, 6.07) is 7.67. The van der Waals surface area contributed by atoms with Gasteiger partial charge in [-0.3, -0.25) is 4.31 Å². The van der Waals surface area contributed by atoms with Crippen LogP contribution in [0.2, 0.25) is 0 Å². The molecule has 0 aliphatic carbocycles. The maximum absolute atomic E-state index is 12.8. The van der Waals surface area contributed by atoms with Crippen LogP contribution >= 0.6 is 0 Å². The van der Waals surface area contributed by atoms with Gasteiger partial charge in [0.2, 0.25) is 10.0 Å². The Morgan fingerprint density at radius 3 is 2.47 bits per heavy atom. The first-order valence-electron chi connectivity index (χ1n) is 6.85. The zero-order chi connectivity index (χ0) is 13.9. The average molecular weight is 282 g/mol. The summed E-state index contributed by atoms with van der Waals surface area (Å²) >= 11 is 0. The van der Waals surface area contributed by atoms with Crippen molar-refractivity contribution in [2.45, 2.75) is 31.9 Å². The molecule has 1 saturated heterocycles. The zero-order valence-corrected chi connectivity index (χ0v) is 12.4. The van der Waals surface area contributed by atoms with Crippen LogP contribution in [0.1, 0.15) is 25.3 Å². The van der Waals surface area contributed by atoms with Crippen molar-refractivity contribution in [1.29, 1.82) is 0 Å². The first-order valence-corrected chi connectivity index (χ1v) is 8.35. The van der Waals surface area contributed by atoms with Gasteiger partial charge in [0.15, 0.2) is 0 Å². The molecule has 0 spiro atoms. The van der Waals surface area contributed by atoms with Gasteiger partial charge in [0.25, 0.3) is 0 Å². The number of nitrogens with one attached hydrogen (secondary N) is 1. The van der Waals surface area contributed by atoms with E-state index in [4.69, 9.17) is 0 Å². The van der Waals surface area contributed by atoms with E-state index in [1.54, 1.807) is 4.31 Å². The highest BCUT2D eigenvalue weighted by Gasteiger charge is 2.32. The van der Waals surface area contributed by atoms with Crippen LogP contribution in [-0.4, -0.2) is 33.3 Å². The van der Waals surface area contributed by atoms with E-state index in [9.17, 15) is 8.42 Å². The van der Waals surface area contributed by atoms with Crippen LogP contribution in [0.25, 0.3) is 0 Å². The van der Waals surface area contributed by atoms with Gasteiger partial charge in [-0.15, -0.1) is 0 Å². The number of hydrogen-bond acceptors (Lipinski definition) is 3. The second-order valence-corrected chi connectivity index (χ2v) is 7.08. The van der Waals surface area contributed by atoms with Crippen molar-refractivity contribution in [1.82, 2.24) is 5.32 Å². The predicted molar refractivity (Wildman–Crippen MR) is 79.0 cm³/mol. The van der Waals surface area contributed by atoms with Gasteiger partial charge in [-0.1, -0.05) is 18.2 Å². The first-order chi connectivity index (χ1) is 9.07. The standard InChI is InChI=1S/C14H22N2O2S/c1-3-16(14-7-5-4-6-12(14)2)19(17,18)13-8-10-15-11-9-13/h4-7,13,15H,3,8-11H2,1-2H3. The molecule has 1 aromatic rings. The third-order valence-electron chi connectivity index (χ3n) is 3.69. The molecule has 4 nitrogen and oxygen atoms in total. The van der Waals surface area contributed by atoms with Gasteiger partial charge in [0.1, 0.15) is 0 Å². The molecule has 1 N–H and O–H groups in total. The van der Waals surface area contributed by atoms with Crippen LogP contribution in [0.4, 0.5) is 5.69 Å². The minimum Gasteiger partial charge on any atom is -0.317 e. The van der Waals surface area contributed by atoms with Crippen molar-refractivity contribution in [3.8, 4) is 0 Å². The minimum absolute atomic E-state index is 0.256. The highest BCUT2D eigenvalue weighted by Crippen LogP contribution is 2.26. The largest absolute Gasteiger partial charge is 0.317 e. The molecule has 0 aromatic heterocycles. The van der Waals surface area contributed by atoms with Gasteiger partial charge in [0, 0.05) is 6.54 Å². The van der Waals surface area contributed by atoms with Crippen molar-refractivity contribution in [2.24, 2.45) is 0 Å². The third-order valence-corrected chi connectivity index (χ3v) is 6.07. The van der Waals surface area contributed by atoms with Gasteiger partial charge in [-0.05, 0) is 51.4 Å². The number of sulfonamides is 1. The molecule has 5 heteroatoms. The molecular formula is C14H22N2O2S. The summed E-state index contributed by atoms with van der Waals surface area (Å²) in [4.78, 5) is 0. The summed E-state index contributed by atoms with van der Waals surface area (Å²) in [5.41, 5.74) is 1.81. The summed E-state index contributed by atoms with van der Waals surface area (Å²) in [5.74, 6) is 0. The lowest BCUT2D eigenvalue weighted by Crippen LogP contribution is -2.44. The number of benzene rings is 1. The fourth-order valence-electron chi connectivity index (χ4n) is 2.60. The second-order valence-electron chi connectivity index (χ2n) is 4.95. The Bertz CT molecular complexity index is 522. The van der Waals surface area contributed by atoms with Crippen molar-refractivity contribution in [3.05, 3.63) is 29.8 Å². The van der Waals surface area contributed by atoms with E-state index >= 15 is 0 Å². The number of para-hydroxylation sites is 1. The Labute approximate surface area is 115 Å². The topological polar surface area (TPSA) is 49.4 Å². The molecule has 0 bridgehead atoms. The fraction of sp³-hybridized carbons (Fsp3) is 0.571. The first kappa shape index (κ1) is 14.3. The Balaban J connectivity index is 2.33. The summed E-state index contributed by atoms with van der Waals surface area (Å²) < 4.78 is 27.1. The van der Waals surface area contributed by atoms with E-state index in [0.29, 0.717) is 19.4 Å². The number of piperidine rings is 1. The predicted octanol–water partition coefficient (Wildman–Crippen LogP) is 1.90. The van der Waals surface area contributed by atoms with E-state index in [1.807, 2.05) is 38.1 Å². The summed E-state index contributed by atoms with van der Waals surface area (Å²) in [6.45, 7) is 5.91. The fourth-order valence-corrected chi connectivity index (χ4v) is 4.63. The lowest BCUT2D eigenvalue weighted by Gasteiger charge is -2.31. The highest BCUT2D eigenvalue weighted by atomic mass is 32.2. The number of anilines is 1. The number of rotatable bonds is 4. The number of aryl methyl sites for hydroxylation is 1. The minimum atomic E-state index is -3.26. The third kappa shape index (κ3) is 2.92. The number of nitrogens with zero attached hydrogens (tertiary/aromatic N) is 1. The molecule has 1 aliphatic rings. The number of hydrogen-bond donors (Lipinski definition) is 1. The smallest absolute Gasteiger partial charge is 0.238 e. The molecule has 19 heavy (non-hydrogen) atoms. The molecule has 0 unspecified atom stereocenters. The van der Waals surface area contributed by atoms with Gasteiger partial charge in [-0.2, -0.15) is 0 Å². The van der Waals surface area contributed by atoms with Crippen LogP contribution < -0.4 is 9.62 Å². The van der Waals surface area contributed by atoms with E-state index in [1.165, 1.54) is 0 Å². The molecule has 0 saturated carbocycles. The van der Waals surface area contributed by atoms with Crippen molar-refractivity contribution < 1.29 is 8.42 Å². The lowest BCUT2D eigenvalue weighted by molar-refractivity contribution is 0.494. The Morgan fingerprint density at radius 2 is 1.89 bits per heavy atom. The quantitative estimate of drug-likeness (QED) is 0.917. The maximum atomic E-state index is 12.8. The zero-order valence-electron chi connectivity index (χ0n) is 11.6. The van der Waals surface area contributed by atoms with E-state index in [0.717, 1.165) is 24.3 Å². The van der Waals surface area contributed by atoms with Gasteiger partial charge >= 0.3 is 0 Å². The molecule has 2 rings (SSSR count). The summed E-state index contributed by atoms with van der Waals surface area (Å²) in [7, 11) is -3.26. The molecule has 0 amide bonds. The van der Waals surface area contributed by atoms with Crippen LogP contribution in [0.3, 0.4) is 0 Å². The summed E-state index contributed by atoms with van der Waals surface area (Å²) in [5, 5.41) is 2.96. The van der Waals surface area contributed by atoms with E-state index in [2.05, 4.69) is 5.32 Å². The molecular weight excluding hydrogens is 260 g/mol. The molecule has 1 aliphatic heterocycles. The molecule has 1 aromatic carbocycles.